The molecule has 0 bridgehead atoms. The molecule has 0 atom stereocenters. The molecule has 1 N–H and O–H groups in total. The summed E-state index contributed by atoms with van der Waals surface area (Å²) < 4.78 is 5.39. The van der Waals surface area contributed by atoms with E-state index >= 15 is 0 Å². The number of ether oxygens (including phenoxy) is 1. The molecule has 0 aromatic heterocycles. The number of rotatable bonds is 4. The van der Waals surface area contributed by atoms with Crippen molar-refractivity contribution in [1.29, 1.82) is 5.26 Å². The Kier molecular flexibility index (Phi) is 5.03. The highest BCUT2D eigenvalue weighted by atomic mass is 35.5. The van der Waals surface area contributed by atoms with Crippen LogP contribution in [0.25, 0.3) is 0 Å². The van der Waals surface area contributed by atoms with Crippen LogP contribution in [-0.2, 0) is 4.79 Å². The average molecular weight is 315 g/mol. The van der Waals surface area contributed by atoms with Gasteiger partial charge >= 0.3 is 0 Å². The molecule has 2 rings (SSSR count). The predicted molar refractivity (Wildman–Crippen MR) is 86.2 cm³/mol. The zero-order valence-electron chi connectivity index (χ0n) is 12.3. The van der Waals surface area contributed by atoms with E-state index in [-0.39, 0.29) is 12.5 Å². The van der Waals surface area contributed by atoms with Crippen LogP contribution in [-0.4, -0.2) is 12.5 Å². The molecule has 0 saturated heterocycles. The third kappa shape index (κ3) is 3.78. The van der Waals surface area contributed by atoms with Crippen molar-refractivity contribution in [3.05, 3.63) is 58.1 Å². The van der Waals surface area contributed by atoms with Crippen LogP contribution in [0.2, 0.25) is 5.02 Å². The lowest BCUT2D eigenvalue weighted by molar-refractivity contribution is -0.118. The van der Waals surface area contributed by atoms with Crippen molar-refractivity contribution in [1.82, 2.24) is 0 Å². The quantitative estimate of drug-likeness (QED) is 0.932. The van der Waals surface area contributed by atoms with E-state index in [2.05, 4.69) is 5.32 Å². The van der Waals surface area contributed by atoms with Crippen LogP contribution in [0, 0.1) is 25.2 Å². The number of amides is 1. The first kappa shape index (κ1) is 15.9. The minimum Gasteiger partial charge on any atom is -0.482 e. The Balaban J connectivity index is 2.04. The molecule has 2 aromatic rings. The molecule has 0 radical (unpaired) electrons. The van der Waals surface area contributed by atoms with Gasteiger partial charge in [0.15, 0.2) is 6.61 Å². The smallest absolute Gasteiger partial charge is 0.262 e. The molecular formula is C17H15ClN2O2. The number of nitrogens with one attached hydrogen (secondary N) is 1. The van der Waals surface area contributed by atoms with Gasteiger partial charge in [-0.2, -0.15) is 5.26 Å². The van der Waals surface area contributed by atoms with Gasteiger partial charge in [-0.3, -0.25) is 4.79 Å². The Morgan fingerprint density at radius 1 is 1.32 bits per heavy atom. The van der Waals surface area contributed by atoms with Crippen LogP contribution in [0.5, 0.6) is 5.75 Å². The predicted octanol–water partition coefficient (Wildman–Crippen LogP) is 3.85. The van der Waals surface area contributed by atoms with Gasteiger partial charge < -0.3 is 10.1 Å². The monoisotopic (exact) mass is 314 g/mol. The standard InChI is InChI=1S/C17H15ClN2O2/c1-11-7-12(2)17(14(18)8-11)20-16(21)10-22-15-6-4-3-5-13(15)9-19/h3-8H,10H2,1-2H3,(H,20,21). The summed E-state index contributed by atoms with van der Waals surface area (Å²) in [6, 6.07) is 12.5. The zero-order chi connectivity index (χ0) is 16.1. The van der Waals surface area contributed by atoms with E-state index in [1.165, 1.54) is 0 Å². The van der Waals surface area contributed by atoms with E-state index in [9.17, 15) is 4.79 Å². The summed E-state index contributed by atoms with van der Waals surface area (Å²) in [4.78, 5) is 12.0. The lowest BCUT2D eigenvalue weighted by Crippen LogP contribution is -2.21. The fraction of sp³-hybridized carbons (Fsp3) is 0.176. The Hall–Kier alpha value is -2.51. The molecule has 2 aromatic carbocycles. The summed E-state index contributed by atoms with van der Waals surface area (Å²) in [5.74, 6) is 0.0495. The number of halogens is 1. The Bertz CT molecular complexity index is 728. The first-order valence-corrected chi connectivity index (χ1v) is 7.07. The van der Waals surface area contributed by atoms with E-state index in [0.717, 1.165) is 11.1 Å². The summed E-state index contributed by atoms with van der Waals surface area (Å²) in [7, 11) is 0. The SMILES string of the molecule is Cc1cc(C)c(NC(=O)COc2ccccc2C#N)c(Cl)c1. The summed E-state index contributed by atoms with van der Waals surface area (Å²) in [6.45, 7) is 3.62. The Labute approximate surface area is 134 Å². The molecule has 0 aliphatic heterocycles. The van der Waals surface area contributed by atoms with E-state index in [4.69, 9.17) is 21.6 Å². The Morgan fingerprint density at radius 2 is 2.05 bits per heavy atom. The van der Waals surface area contributed by atoms with Crippen LogP contribution in [0.15, 0.2) is 36.4 Å². The van der Waals surface area contributed by atoms with Gasteiger partial charge in [-0.15, -0.1) is 0 Å². The molecule has 0 fully saturated rings. The van der Waals surface area contributed by atoms with E-state index in [1.807, 2.05) is 26.0 Å². The molecule has 0 unspecified atom stereocenters. The van der Waals surface area contributed by atoms with Gasteiger partial charge in [-0.05, 0) is 43.2 Å². The molecule has 5 heteroatoms. The second-order valence-electron chi connectivity index (χ2n) is 4.88. The number of aryl methyl sites for hydroxylation is 2. The number of para-hydroxylation sites is 1. The second kappa shape index (κ2) is 6.97. The maximum absolute atomic E-state index is 12.0. The molecule has 0 saturated carbocycles. The van der Waals surface area contributed by atoms with Crippen molar-refractivity contribution in [2.45, 2.75) is 13.8 Å². The minimum absolute atomic E-state index is 0.192. The van der Waals surface area contributed by atoms with Crippen molar-refractivity contribution in [3.63, 3.8) is 0 Å². The maximum atomic E-state index is 12.0. The molecule has 0 aliphatic carbocycles. The molecule has 4 nitrogen and oxygen atoms in total. The molecular weight excluding hydrogens is 300 g/mol. The number of anilines is 1. The molecule has 0 heterocycles. The van der Waals surface area contributed by atoms with Gasteiger partial charge in [-0.25, -0.2) is 0 Å². The van der Waals surface area contributed by atoms with E-state index in [0.29, 0.717) is 22.0 Å². The molecule has 0 aliphatic rings. The number of benzene rings is 2. The highest BCUT2D eigenvalue weighted by molar-refractivity contribution is 6.34. The van der Waals surface area contributed by atoms with Crippen LogP contribution in [0.1, 0.15) is 16.7 Å². The van der Waals surface area contributed by atoms with Gasteiger partial charge in [0.1, 0.15) is 11.8 Å². The summed E-state index contributed by atoms with van der Waals surface area (Å²) in [6.07, 6.45) is 0. The number of carbonyl (C=O) groups is 1. The third-order valence-corrected chi connectivity index (χ3v) is 3.36. The Morgan fingerprint density at radius 3 is 2.73 bits per heavy atom. The molecule has 1 amide bonds. The average Bonchev–Trinajstić information content (AvgIpc) is 2.49. The number of nitriles is 1. The molecule has 22 heavy (non-hydrogen) atoms. The van der Waals surface area contributed by atoms with Crippen molar-refractivity contribution in [2.75, 3.05) is 11.9 Å². The maximum Gasteiger partial charge on any atom is 0.262 e. The van der Waals surface area contributed by atoms with Gasteiger partial charge in [-0.1, -0.05) is 29.8 Å². The first-order valence-electron chi connectivity index (χ1n) is 6.70. The molecule has 0 spiro atoms. The van der Waals surface area contributed by atoms with Crippen molar-refractivity contribution in [3.8, 4) is 11.8 Å². The minimum atomic E-state index is -0.332. The zero-order valence-corrected chi connectivity index (χ0v) is 13.1. The lowest BCUT2D eigenvalue weighted by Gasteiger charge is -2.12. The topological polar surface area (TPSA) is 62.1 Å². The second-order valence-corrected chi connectivity index (χ2v) is 5.29. The number of carbonyl (C=O) groups excluding carboxylic acids is 1. The fourth-order valence-electron chi connectivity index (χ4n) is 2.08. The fourth-order valence-corrected chi connectivity index (χ4v) is 2.45. The van der Waals surface area contributed by atoms with Gasteiger partial charge in [0.25, 0.3) is 5.91 Å². The van der Waals surface area contributed by atoms with Gasteiger partial charge in [0, 0.05) is 0 Å². The first-order chi connectivity index (χ1) is 10.5. The van der Waals surface area contributed by atoms with Crippen molar-refractivity contribution >= 4 is 23.2 Å². The summed E-state index contributed by atoms with van der Waals surface area (Å²) in [5.41, 5.74) is 2.88. The van der Waals surface area contributed by atoms with E-state index < -0.39 is 0 Å². The van der Waals surface area contributed by atoms with Crippen molar-refractivity contribution < 1.29 is 9.53 Å². The van der Waals surface area contributed by atoms with Crippen molar-refractivity contribution in [2.24, 2.45) is 0 Å². The molecule has 112 valence electrons. The number of hydrogen-bond donors (Lipinski definition) is 1. The highest BCUT2D eigenvalue weighted by Gasteiger charge is 2.11. The number of nitrogens with zero attached hydrogens (tertiary/aromatic N) is 1. The highest BCUT2D eigenvalue weighted by Crippen LogP contribution is 2.27. The van der Waals surface area contributed by atoms with Crippen LogP contribution < -0.4 is 10.1 Å². The van der Waals surface area contributed by atoms with Gasteiger partial charge in [0.05, 0.1) is 16.3 Å². The summed E-state index contributed by atoms with van der Waals surface area (Å²) in [5, 5.41) is 12.2. The van der Waals surface area contributed by atoms with E-state index in [1.54, 1.807) is 30.3 Å². The summed E-state index contributed by atoms with van der Waals surface area (Å²) >= 11 is 6.15. The van der Waals surface area contributed by atoms with Gasteiger partial charge in [0.2, 0.25) is 0 Å². The lowest BCUT2D eigenvalue weighted by atomic mass is 10.1. The number of hydrogen-bond acceptors (Lipinski definition) is 3. The van der Waals surface area contributed by atoms with Crippen LogP contribution >= 0.6 is 11.6 Å². The normalized spacial score (nSPS) is 9.91. The third-order valence-electron chi connectivity index (χ3n) is 3.06. The van der Waals surface area contributed by atoms with Crippen LogP contribution in [0.3, 0.4) is 0 Å². The largest absolute Gasteiger partial charge is 0.482 e. The van der Waals surface area contributed by atoms with Crippen LogP contribution in [0.4, 0.5) is 5.69 Å².